The van der Waals surface area contributed by atoms with E-state index in [9.17, 15) is 9.90 Å². The lowest BCUT2D eigenvalue weighted by molar-refractivity contribution is 0.135. The third-order valence-electron chi connectivity index (χ3n) is 3.98. The first-order valence-electron chi connectivity index (χ1n) is 7.62. The summed E-state index contributed by atoms with van der Waals surface area (Å²) in [6.45, 7) is 2.23. The number of para-hydroxylation sites is 1. The Morgan fingerprint density at radius 3 is 2.57 bits per heavy atom. The minimum atomic E-state index is -0.635. The molecule has 0 bridgehead atoms. The van der Waals surface area contributed by atoms with Crippen molar-refractivity contribution in [2.45, 2.75) is 25.6 Å². The molecule has 2 unspecified atom stereocenters. The molecule has 4 heteroatoms. The van der Waals surface area contributed by atoms with Crippen molar-refractivity contribution in [1.82, 2.24) is 5.32 Å². The molecule has 3 rings (SSSR count). The topological polar surface area (TPSA) is 62.5 Å². The number of nitrogens with one attached hydrogen (secondary N) is 1. The first kappa shape index (κ1) is 15.5. The second-order valence-corrected chi connectivity index (χ2v) is 5.61. The molecule has 0 fully saturated rings. The van der Waals surface area contributed by atoms with Crippen LogP contribution in [0.3, 0.4) is 0 Å². The zero-order valence-electron chi connectivity index (χ0n) is 12.9. The first-order valence-corrected chi connectivity index (χ1v) is 7.62. The van der Waals surface area contributed by atoms with E-state index in [4.69, 9.17) is 4.42 Å². The van der Waals surface area contributed by atoms with Crippen LogP contribution in [0.25, 0.3) is 11.0 Å². The van der Waals surface area contributed by atoms with Crippen LogP contribution in [0, 0.1) is 0 Å². The van der Waals surface area contributed by atoms with Crippen LogP contribution < -0.4 is 10.7 Å². The molecule has 0 aliphatic heterocycles. The molecule has 4 nitrogen and oxygen atoms in total. The van der Waals surface area contributed by atoms with E-state index in [-0.39, 0.29) is 11.5 Å². The molecule has 0 saturated carbocycles. The number of rotatable bonds is 5. The molecule has 2 N–H and O–H groups in total. The standard InChI is InChI=1S/C19H19NO3/c1-13(18(21)14-7-3-2-4-8-14)20-11-15-12-23-17-10-6-5-9-16(17)19(15)22/h2-10,12-13,18,20-21H,11H2,1H3. The third kappa shape index (κ3) is 3.33. The van der Waals surface area contributed by atoms with Crippen LogP contribution in [0.5, 0.6) is 0 Å². The maximum atomic E-state index is 12.4. The summed E-state index contributed by atoms with van der Waals surface area (Å²) < 4.78 is 5.50. The van der Waals surface area contributed by atoms with Crippen LogP contribution in [-0.4, -0.2) is 11.1 Å². The monoisotopic (exact) mass is 309 g/mol. The molecule has 0 radical (unpaired) electrons. The van der Waals surface area contributed by atoms with Gasteiger partial charge in [0.25, 0.3) is 0 Å². The maximum absolute atomic E-state index is 12.4. The molecular formula is C19H19NO3. The van der Waals surface area contributed by atoms with E-state index in [2.05, 4.69) is 5.32 Å². The molecular weight excluding hydrogens is 290 g/mol. The van der Waals surface area contributed by atoms with Crippen molar-refractivity contribution in [2.75, 3.05) is 0 Å². The predicted molar refractivity (Wildman–Crippen MR) is 90.2 cm³/mol. The average Bonchev–Trinajstić information content (AvgIpc) is 2.61. The first-order chi connectivity index (χ1) is 11.2. The van der Waals surface area contributed by atoms with Gasteiger partial charge in [0, 0.05) is 18.2 Å². The summed E-state index contributed by atoms with van der Waals surface area (Å²) in [4.78, 5) is 12.4. The van der Waals surface area contributed by atoms with Crippen LogP contribution >= 0.6 is 0 Å². The highest BCUT2D eigenvalue weighted by atomic mass is 16.3. The van der Waals surface area contributed by atoms with Gasteiger partial charge in [0.2, 0.25) is 0 Å². The summed E-state index contributed by atoms with van der Waals surface area (Å²) >= 11 is 0. The molecule has 2 atom stereocenters. The zero-order chi connectivity index (χ0) is 16.2. The number of aliphatic hydroxyl groups is 1. The maximum Gasteiger partial charge on any atom is 0.197 e. The van der Waals surface area contributed by atoms with Crippen molar-refractivity contribution in [1.29, 1.82) is 0 Å². The highest BCUT2D eigenvalue weighted by Gasteiger charge is 2.16. The number of hydrogen-bond acceptors (Lipinski definition) is 4. The molecule has 0 aliphatic carbocycles. The van der Waals surface area contributed by atoms with Gasteiger partial charge in [0.05, 0.1) is 17.8 Å². The van der Waals surface area contributed by atoms with Gasteiger partial charge < -0.3 is 14.8 Å². The van der Waals surface area contributed by atoms with Gasteiger partial charge in [-0.3, -0.25) is 4.79 Å². The van der Waals surface area contributed by atoms with Crippen LogP contribution in [-0.2, 0) is 6.54 Å². The van der Waals surface area contributed by atoms with E-state index >= 15 is 0 Å². The summed E-state index contributed by atoms with van der Waals surface area (Å²) in [5.74, 6) is 0. The molecule has 0 saturated heterocycles. The Balaban J connectivity index is 1.73. The Bertz CT molecular complexity index is 842. The zero-order valence-corrected chi connectivity index (χ0v) is 12.9. The minimum absolute atomic E-state index is 0.0410. The fourth-order valence-corrected chi connectivity index (χ4v) is 2.56. The van der Waals surface area contributed by atoms with Crippen molar-refractivity contribution < 1.29 is 9.52 Å². The lowest BCUT2D eigenvalue weighted by Crippen LogP contribution is -2.33. The fraction of sp³-hybridized carbons (Fsp3) is 0.211. The van der Waals surface area contributed by atoms with E-state index in [1.54, 1.807) is 12.1 Å². The van der Waals surface area contributed by atoms with E-state index in [0.717, 1.165) is 5.56 Å². The van der Waals surface area contributed by atoms with Crippen LogP contribution in [0.15, 0.2) is 70.1 Å². The molecule has 3 aromatic rings. The molecule has 1 aromatic heterocycles. The van der Waals surface area contributed by atoms with E-state index in [0.29, 0.717) is 23.1 Å². The average molecular weight is 309 g/mol. The second-order valence-electron chi connectivity index (χ2n) is 5.61. The van der Waals surface area contributed by atoms with Gasteiger partial charge in [-0.05, 0) is 24.6 Å². The molecule has 0 spiro atoms. The van der Waals surface area contributed by atoms with Gasteiger partial charge in [0.15, 0.2) is 5.43 Å². The fourth-order valence-electron chi connectivity index (χ4n) is 2.56. The largest absolute Gasteiger partial charge is 0.464 e. The van der Waals surface area contributed by atoms with Gasteiger partial charge in [-0.2, -0.15) is 0 Å². The van der Waals surface area contributed by atoms with Crippen LogP contribution in [0.4, 0.5) is 0 Å². The Hall–Kier alpha value is -2.43. The number of fused-ring (bicyclic) bond motifs is 1. The van der Waals surface area contributed by atoms with Crippen molar-refractivity contribution in [3.63, 3.8) is 0 Å². The molecule has 1 heterocycles. The lowest BCUT2D eigenvalue weighted by atomic mass is 10.0. The SMILES string of the molecule is CC(NCc1coc2ccccc2c1=O)C(O)c1ccccc1. The lowest BCUT2D eigenvalue weighted by Gasteiger charge is -2.20. The van der Waals surface area contributed by atoms with Crippen molar-refractivity contribution in [3.8, 4) is 0 Å². The molecule has 118 valence electrons. The molecule has 2 aromatic carbocycles. The van der Waals surface area contributed by atoms with E-state index in [1.807, 2.05) is 49.4 Å². The number of benzene rings is 2. The summed E-state index contributed by atoms with van der Waals surface area (Å²) in [6, 6.07) is 16.5. The number of aliphatic hydroxyl groups excluding tert-OH is 1. The van der Waals surface area contributed by atoms with Gasteiger partial charge >= 0.3 is 0 Å². The van der Waals surface area contributed by atoms with Crippen LogP contribution in [0.2, 0.25) is 0 Å². The van der Waals surface area contributed by atoms with Crippen molar-refractivity contribution in [3.05, 3.63) is 82.2 Å². The van der Waals surface area contributed by atoms with Gasteiger partial charge in [0.1, 0.15) is 5.58 Å². The summed E-state index contributed by atoms with van der Waals surface area (Å²) in [5, 5.41) is 14.1. The highest BCUT2D eigenvalue weighted by molar-refractivity contribution is 5.76. The number of hydrogen-bond donors (Lipinski definition) is 2. The predicted octanol–water partition coefficient (Wildman–Crippen LogP) is 3.00. The minimum Gasteiger partial charge on any atom is -0.464 e. The molecule has 0 aliphatic rings. The highest BCUT2D eigenvalue weighted by Crippen LogP contribution is 2.16. The van der Waals surface area contributed by atoms with E-state index < -0.39 is 6.10 Å². The van der Waals surface area contributed by atoms with Gasteiger partial charge in [-0.25, -0.2) is 0 Å². The van der Waals surface area contributed by atoms with Crippen LogP contribution in [0.1, 0.15) is 24.2 Å². The summed E-state index contributed by atoms with van der Waals surface area (Å²) in [6.07, 6.45) is 0.850. The normalized spacial score (nSPS) is 13.8. The summed E-state index contributed by atoms with van der Waals surface area (Å²) in [7, 11) is 0. The Morgan fingerprint density at radius 2 is 1.78 bits per heavy atom. The Kier molecular flexibility index (Phi) is 4.55. The van der Waals surface area contributed by atoms with Gasteiger partial charge in [-0.15, -0.1) is 0 Å². The third-order valence-corrected chi connectivity index (χ3v) is 3.98. The molecule has 0 amide bonds. The Morgan fingerprint density at radius 1 is 1.09 bits per heavy atom. The molecule has 23 heavy (non-hydrogen) atoms. The quantitative estimate of drug-likeness (QED) is 0.760. The summed E-state index contributed by atoms with van der Waals surface area (Å²) in [5.41, 5.74) is 1.94. The van der Waals surface area contributed by atoms with Crippen molar-refractivity contribution in [2.24, 2.45) is 0 Å². The van der Waals surface area contributed by atoms with E-state index in [1.165, 1.54) is 6.26 Å². The second kappa shape index (κ2) is 6.77. The smallest absolute Gasteiger partial charge is 0.197 e. The Labute approximate surface area is 134 Å². The van der Waals surface area contributed by atoms with Gasteiger partial charge in [-0.1, -0.05) is 42.5 Å². The van der Waals surface area contributed by atoms with Crippen molar-refractivity contribution >= 4 is 11.0 Å².